The maximum atomic E-state index is 5.41. The van der Waals surface area contributed by atoms with Crippen molar-refractivity contribution in [3.8, 4) is 5.75 Å². The molecule has 106 valence electrons. The van der Waals surface area contributed by atoms with Gasteiger partial charge in [0.1, 0.15) is 5.75 Å². The minimum atomic E-state index is 0.516. The summed E-state index contributed by atoms with van der Waals surface area (Å²) in [4.78, 5) is 0. The van der Waals surface area contributed by atoms with Gasteiger partial charge in [0.05, 0.1) is 7.11 Å². The van der Waals surface area contributed by atoms with Crippen molar-refractivity contribution in [3.63, 3.8) is 0 Å². The van der Waals surface area contributed by atoms with Crippen LogP contribution in [0.3, 0.4) is 0 Å². The third-order valence-electron chi connectivity index (χ3n) is 4.44. The molecule has 1 aliphatic rings. The monoisotopic (exact) mass is 261 g/mol. The Morgan fingerprint density at radius 1 is 1.32 bits per heavy atom. The summed E-state index contributed by atoms with van der Waals surface area (Å²) in [6.45, 7) is 8.06. The summed E-state index contributed by atoms with van der Waals surface area (Å²) in [5.74, 6) is 1.73. The molecule has 0 aromatic heterocycles. The van der Waals surface area contributed by atoms with Gasteiger partial charge in [-0.25, -0.2) is 0 Å². The van der Waals surface area contributed by atoms with Crippen LogP contribution in [0.4, 0.5) is 0 Å². The Bertz CT molecular complexity index is 413. The van der Waals surface area contributed by atoms with E-state index in [2.05, 4.69) is 38.2 Å². The molecule has 2 atom stereocenters. The van der Waals surface area contributed by atoms with Crippen LogP contribution in [0.5, 0.6) is 5.75 Å². The third-order valence-corrected chi connectivity index (χ3v) is 4.44. The summed E-state index contributed by atoms with van der Waals surface area (Å²) in [5, 5.41) is 3.72. The quantitative estimate of drug-likeness (QED) is 0.884. The van der Waals surface area contributed by atoms with E-state index in [1.165, 1.54) is 24.8 Å². The fourth-order valence-electron chi connectivity index (χ4n) is 3.34. The van der Waals surface area contributed by atoms with Crippen LogP contribution in [0, 0.1) is 11.3 Å². The molecule has 1 aliphatic carbocycles. The maximum absolute atomic E-state index is 5.41. The van der Waals surface area contributed by atoms with E-state index in [4.69, 9.17) is 4.74 Å². The molecule has 2 heteroatoms. The Kier molecular flexibility index (Phi) is 4.51. The SMILES string of the molecule is COc1ccccc1CNC1CCC(C)(C)CC1C. The highest BCUT2D eigenvalue weighted by Gasteiger charge is 2.31. The lowest BCUT2D eigenvalue weighted by Gasteiger charge is -2.39. The number of para-hydroxylation sites is 1. The molecular weight excluding hydrogens is 234 g/mol. The first-order valence-corrected chi connectivity index (χ1v) is 7.37. The molecule has 1 aromatic carbocycles. The predicted octanol–water partition coefficient (Wildman–Crippen LogP) is 4.00. The van der Waals surface area contributed by atoms with Crippen molar-refractivity contribution in [2.75, 3.05) is 7.11 Å². The zero-order valence-corrected chi connectivity index (χ0v) is 12.7. The Morgan fingerprint density at radius 3 is 2.74 bits per heavy atom. The van der Waals surface area contributed by atoms with Crippen LogP contribution >= 0.6 is 0 Å². The molecule has 2 unspecified atom stereocenters. The van der Waals surface area contributed by atoms with Gasteiger partial charge in [-0.15, -0.1) is 0 Å². The predicted molar refractivity (Wildman–Crippen MR) is 80.4 cm³/mol. The van der Waals surface area contributed by atoms with Gasteiger partial charge in [-0.05, 0) is 36.7 Å². The molecule has 1 N–H and O–H groups in total. The highest BCUT2D eigenvalue weighted by atomic mass is 16.5. The Balaban J connectivity index is 1.92. The summed E-state index contributed by atoms with van der Waals surface area (Å²) in [7, 11) is 1.74. The van der Waals surface area contributed by atoms with E-state index in [-0.39, 0.29) is 0 Å². The number of nitrogens with one attached hydrogen (secondary N) is 1. The average Bonchev–Trinajstić information content (AvgIpc) is 2.37. The largest absolute Gasteiger partial charge is 0.496 e. The number of rotatable bonds is 4. The minimum Gasteiger partial charge on any atom is -0.496 e. The fraction of sp³-hybridized carbons (Fsp3) is 0.647. The highest BCUT2D eigenvalue weighted by molar-refractivity contribution is 5.33. The lowest BCUT2D eigenvalue weighted by molar-refractivity contribution is 0.148. The van der Waals surface area contributed by atoms with Crippen LogP contribution in [0.15, 0.2) is 24.3 Å². The van der Waals surface area contributed by atoms with Crippen LogP contribution in [0.2, 0.25) is 0 Å². The standard InChI is InChI=1S/C17H27NO/c1-13-11-17(2,3)10-9-15(13)18-12-14-7-5-6-8-16(14)19-4/h5-8,13,15,18H,9-12H2,1-4H3. The molecule has 2 rings (SSSR count). The number of ether oxygens (including phenoxy) is 1. The molecule has 0 spiro atoms. The number of benzene rings is 1. The van der Waals surface area contributed by atoms with Crippen molar-refractivity contribution in [2.24, 2.45) is 11.3 Å². The topological polar surface area (TPSA) is 21.3 Å². The Hall–Kier alpha value is -1.02. The van der Waals surface area contributed by atoms with E-state index < -0.39 is 0 Å². The number of methoxy groups -OCH3 is 1. The summed E-state index contributed by atoms with van der Waals surface area (Å²) in [6.07, 6.45) is 3.92. The van der Waals surface area contributed by atoms with Crippen LogP contribution in [-0.4, -0.2) is 13.2 Å². The molecule has 0 saturated heterocycles. The normalized spacial score (nSPS) is 26.1. The second-order valence-corrected chi connectivity index (χ2v) is 6.68. The van der Waals surface area contributed by atoms with Gasteiger partial charge in [-0.1, -0.05) is 39.0 Å². The second kappa shape index (κ2) is 5.96. The van der Waals surface area contributed by atoms with E-state index in [0.717, 1.165) is 18.2 Å². The third kappa shape index (κ3) is 3.73. The van der Waals surface area contributed by atoms with Crippen LogP contribution in [0.1, 0.15) is 45.6 Å². The molecule has 0 bridgehead atoms. The smallest absolute Gasteiger partial charge is 0.123 e. The maximum Gasteiger partial charge on any atom is 0.123 e. The fourth-order valence-corrected chi connectivity index (χ4v) is 3.34. The van der Waals surface area contributed by atoms with Crippen molar-refractivity contribution in [1.29, 1.82) is 0 Å². The van der Waals surface area contributed by atoms with Gasteiger partial charge >= 0.3 is 0 Å². The molecule has 2 nitrogen and oxygen atoms in total. The van der Waals surface area contributed by atoms with Crippen molar-refractivity contribution in [2.45, 2.75) is 52.6 Å². The van der Waals surface area contributed by atoms with Gasteiger partial charge in [0.25, 0.3) is 0 Å². The summed E-state index contributed by atoms with van der Waals surface area (Å²) in [5.41, 5.74) is 1.77. The van der Waals surface area contributed by atoms with Gasteiger partial charge in [-0.3, -0.25) is 0 Å². The first kappa shape index (κ1) is 14.4. The van der Waals surface area contributed by atoms with Crippen LogP contribution in [-0.2, 0) is 6.54 Å². The van der Waals surface area contributed by atoms with Crippen molar-refractivity contribution < 1.29 is 4.74 Å². The van der Waals surface area contributed by atoms with Gasteiger partial charge in [0, 0.05) is 18.2 Å². The lowest BCUT2D eigenvalue weighted by Crippen LogP contribution is -2.41. The van der Waals surface area contributed by atoms with E-state index in [1.54, 1.807) is 7.11 Å². The molecule has 0 amide bonds. The van der Waals surface area contributed by atoms with Gasteiger partial charge in [0.2, 0.25) is 0 Å². The van der Waals surface area contributed by atoms with E-state index in [1.807, 2.05) is 12.1 Å². The van der Waals surface area contributed by atoms with Crippen LogP contribution < -0.4 is 10.1 Å². The lowest BCUT2D eigenvalue weighted by atomic mass is 9.70. The van der Waals surface area contributed by atoms with Gasteiger partial charge in [-0.2, -0.15) is 0 Å². The molecule has 0 heterocycles. The first-order valence-electron chi connectivity index (χ1n) is 7.37. The number of hydrogen-bond acceptors (Lipinski definition) is 2. The molecule has 0 aliphatic heterocycles. The molecule has 1 fully saturated rings. The van der Waals surface area contributed by atoms with E-state index >= 15 is 0 Å². The molecule has 19 heavy (non-hydrogen) atoms. The highest BCUT2D eigenvalue weighted by Crippen LogP contribution is 2.38. The zero-order valence-electron chi connectivity index (χ0n) is 12.7. The first-order chi connectivity index (χ1) is 9.02. The Labute approximate surface area is 117 Å². The Morgan fingerprint density at radius 2 is 2.05 bits per heavy atom. The van der Waals surface area contributed by atoms with E-state index in [9.17, 15) is 0 Å². The minimum absolute atomic E-state index is 0.516. The molecule has 1 saturated carbocycles. The van der Waals surface area contributed by atoms with E-state index in [0.29, 0.717) is 11.5 Å². The van der Waals surface area contributed by atoms with Crippen molar-refractivity contribution in [1.82, 2.24) is 5.32 Å². The number of hydrogen-bond donors (Lipinski definition) is 1. The van der Waals surface area contributed by atoms with Gasteiger partial charge < -0.3 is 10.1 Å². The van der Waals surface area contributed by atoms with Gasteiger partial charge in [0.15, 0.2) is 0 Å². The summed E-state index contributed by atoms with van der Waals surface area (Å²) < 4.78 is 5.41. The molecule has 1 aromatic rings. The zero-order chi connectivity index (χ0) is 13.9. The average molecular weight is 261 g/mol. The second-order valence-electron chi connectivity index (χ2n) is 6.68. The van der Waals surface area contributed by atoms with Crippen LogP contribution in [0.25, 0.3) is 0 Å². The summed E-state index contributed by atoms with van der Waals surface area (Å²) >= 11 is 0. The van der Waals surface area contributed by atoms with Crippen molar-refractivity contribution in [3.05, 3.63) is 29.8 Å². The molecule has 0 radical (unpaired) electrons. The molecular formula is C17H27NO. The summed E-state index contributed by atoms with van der Waals surface area (Å²) in [6, 6.07) is 8.91. The van der Waals surface area contributed by atoms with Crippen molar-refractivity contribution >= 4 is 0 Å².